The highest BCUT2D eigenvalue weighted by molar-refractivity contribution is 5.44. The van der Waals surface area contributed by atoms with Gasteiger partial charge in [-0.25, -0.2) is 0 Å². The van der Waals surface area contributed by atoms with Crippen molar-refractivity contribution in [2.75, 3.05) is 20.3 Å². The van der Waals surface area contributed by atoms with Crippen LogP contribution in [0.3, 0.4) is 0 Å². The molecule has 1 aliphatic rings. The van der Waals surface area contributed by atoms with Crippen molar-refractivity contribution in [2.45, 2.75) is 31.9 Å². The summed E-state index contributed by atoms with van der Waals surface area (Å²) in [6.45, 7) is 3.26. The second kappa shape index (κ2) is 6.75. The summed E-state index contributed by atoms with van der Waals surface area (Å²) in [7, 11) is 1.72. The maximum atomic E-state index is 5.65. The van der Waals surface area contributed by atoms with Crippen LogP contribution in [-0.2, 0) is 4.74 Å². The summed E-state index contributed by atoms with van der Waals surface area (Å²) in [4.78, 5) is 0. The standard InChI is InChI=1S/C14H22N2O3/c1-10(17-2)3-5-12(16-15)11-4-6-13-14(9-11)19-8-7-18-13/h4,6,9-10,12,16H,3,5,7-8,15H2,1-2H3. The molecular formula is C14H22N2O3. The molecule has 0 fully saturated rings. The Morgan fingerprint density at radius 3 is 2.68 bits per heavy atom. The molecule has 0 saturated heterocycles. The largest absolute Gasteiger partial charge is 0.486 e. The molecule has 1 heterocycles. The van der Waals surface area contributed by atoms with Gasteiger partial charge in [0.2, 0.25) is 0 Å². The molecule has 1 aromatic rings. The Kier molecular flexibility index (Phi) is 5.01. The van der Waals surface area contributed by atoms with Crippen molar-refractivity contribution in [3.8, 4) is 11.5 Å². The summed E-state index contributed by atoms with van der Waals surface area (Å²) in [5.41, 5.74) is 3.96. The van der Waals surface area contributed by atoms with Gasteiger partial charge in [0.1, 0.15) is 13.2 Å². The van der Waals surface area contributed by atoms with E-state index in [0.717, 1.165) is 29.9 Å². The first kappa shape index (κ1) is 14.1. The van der Waals surface area contributed by atoms with Gasteiger partial charge in [0.25, 0.3) is 0 Å². The summed E-state index contributed by atoms with van der Waals surface area (Å²) in [6.07, 6.45) is 2.08. The van der Waals surface area contributed by atoms with Crippen LogP contribution in [0.2, 0.25) is 0 Å². The smallest absolute Gasteiger partial charge is 0.161 e. The van der Waals surface area contributed by atoms with Crippen molar-refractivity contribution in [1.29, 1.82) is 0 Å². The maximum absolute atomic E-state index is 5.65. The molecule has 1 aromatic carbocycles. The van der Waals surface area contributed by atoms with Gasteiger partial charge >= 0.3 is 0 Å². The number of methoxy groups -OCH3 is 1. The van der Waals surface area contributed by atoms with Crippen LogP contribution in [0.15, 0.2) is 18.2 Å². The van der Waals surface area contributed by atoms with Gasteiger partial charge in [-0.3, -0.25) is 11.3 Å². The fourth-order valence-corrected chi connectivity index (χ4v) is 2.14. The Morgan fingerprint density at radius 1 is 1.26 bits per heavy atom. The molecule has 19 heavy (non-hydrogen) atoms. The average molecular weight is 266 g/mol. The Morgan fingerprint density at radius 2 is 2.00 bits per heavy atom. The average Bonchev–Trinajstić information content (AvgIpc) is 2.47. The molecule has 5 nitrogen and oxygen atoms in total. The van der Waals surface area contributed by atoms with E-state index in [1.54, 1.807) is 7.11 Å². The van der Waals surface area contributed by atoms with E-state index >= 15 is 0 Å². The van der Waals surface area contributed by atoms with Gasteiger partial charge in [-0.2, -0.15) is 0 Å². The molecule has 5 heteroatoms. The van der Waals surface area contributed by atoms with E-state index < -0.39 is 0 Å². The number of rotatable bonds is 6. The predicted octanol–water partition coefficient (Wildman–Crippen LogP) is 1.78. The lowest BCUT2D eigenvalue weighted by atomic mass is 10.0. The first-order chi connectivity index (χ1) is 9.24. The van der Waals surface area contributed by atoms with Crippen LogP contribution in [0.4, 0.5) is 0 Å². The van der Waals surface area contributed by atoms with Gasteiger partial charge in [0.15, 0.2) is 11.5 Å². The summed E-state index contributed by atoms with van der Waals surface area (Å²) in [5, 5.41) is 0. The molecule has 3 N–H and O–H groups in total. The zero-order valence-electron chi connectivity index (χ0n) is 11.5. The molecule has 2 unspecified atom stereocenters. The number of fused-ring (bicyclic) bond motifs is 1. The highest BCUT2D eigenvalue weighted by Gasteiger charge is 2.16. The highest BCUT2D eigenvalue weighted by Crippen LogP contribution is 2.33. The van der Waals surface area contributed by atoms with Crippen LogP contribution in [0.1, 0.15) is 31.4 Å². The summed E-state index contributed by atoms with van der Waals surface area (Å²) < 4.78 is 16.4. The van der Waals surface area contributed by atoms with Crippen LogP contribution in [-0.4, -0.2) is 26.4 Å². The first-order valence-corrected chi connectivity index (χ1v) is 6.63. The lowest BCUT2D eigenvalue weighted by Crippen LogP contribution is -2.29. The van der Waals surface area contributed by atoms with Crippen molar-refractivity contribution in [3.05, 3.63) is 23.8 Å². The van der Waals surface area contributed by atoms with Gasteiger partial charge < -0.3 is 14.2 Å². The minimum atomic E-state index is 0.0911. The van der Waals surface area contributed by atoms with Crippen molar-refractivity contribution in [3.63, 3.8) is 0 Å². The van der Waals surface area contributed by atoms with Gasteiger partial charge in [-0.15, -0.1) is 0 Å². The second-order valence-electron chi connectivity index (χ2n) is 4.75. The topological polar surface area (TPSA) is 65.7 Å². The number of hydrogen-bond donors (Lipinski definition) is 2. The summed E-state index contributed by atoms with van der Waals surface area (Å²) in [5.74, 6) is 7.24. The molecular weight excluding hydrogens is 244 g/mol. The van der Waals surface area contributed by atoms with Gasteiger partial charge in [-0.05, 0) is 37.5 Å². The summed E-state index contributed by atoms with van der Waals surface area (Å²) >= 11 is 0. The Balaban J connectivity index is 2.05. The first-order valence-electron chi connectivity index (χ1n) is 6.63. The number of hydrogen-bond acceptors (Lipinski definition) is 5. The van der Waals surface area contributed by atoms with Gasteiger partial charge in [0, 0.05) is 13.2 Å². The van der Waals surface area contributed by atoms with Crippen LogP contribution in [0.25, 0.3) is 0 Å². The SMILES string of the molecule is COC(C)CCC(NN)c1ccc2c(c1)OCCO2. The molecule has 0 saturated carbocycles. The third kappa shape index (κ3) is 3.59. The van der Waals surface area contributed by atoms with Crippen LogP contribution in [0, 0.1) is 0 Å². The van der Waals surface area contributed by atoms with Gasteiger partial charge in [0.05, 0.1) is 6.10 Å². The van der Waals surface area contributed by atoms with Crippen molar-refractivity contribution >= 4 is 0 Å². The monoisotopic (exact) mass is 266 g/mol. The lowest BCUT2D eigenvalue weighted by molar-refractivity contribution is 0.106. The Bertz CT molecular complexity index is 412. The van der Waals surface area contributed by atoms with E-state index in [1.165, 1.54) is 0 Å². The van der Waals surface area contributed by atoms with E-state index in [4.69, 9.17) is 20.1 Å². The molecule has 0 bridgehead atoms. The summed E-state index contributed by atoms with van der Waals surface area (Å²) in [6, 6.07) is 6.05. The molecule has 0 amide bonds. The fourth-order valence-electron chi connectivity index (χ4n) is 2.14. The van der Waals surface area contributed by atoms with E-state index in [9.17, 15) is 0 Å². The normalized spacial score (nSPS) is 17.0. The molecule has 0 aliphatic carbocycles. The second-order valence-corrected chi connectivity index (χ2v) is 4.75. The molecule has 2 rings (SSSR count). The van der Waals surface area contributed by atoms with Crippen LogP contribution in [0.5, 0.6) is 11.5 Å². The van der Waals surface area contributed by atoms with Crippen molar-refractivity contribution < 1.29 is 14.2 Å². The van der Waals surface area contributed by atoms with Crippen molar-refractivity contribution in [1.82, 2.24) is 5.43 Å². The molecule has 2 atom stereocenters. The van der Waals surface area contributed by atoms with Gasteiger partial charge in [-0.1, -0.05) is 6.07 Å². The minimum absolute atomic E-state index is 0.0911. The quantitative estimate of drug-likeness (QED) is 0.607. The zero-order valence-corrected chi connectivity index (χ0v) is 11.5. The number of ether oxygens (including phenoxy) is 3. The van der Waals surface area contributed by atoms with E-state index in [0.29, 0.717) is 13.2 Å². The molecule has 0 radical (unpaired) electrons. The fraction of sp³-hybridized carbons (Fsp3) is 0.571. The molecule has 1 aliphatic heterocycles. The number of hydrazine groups is 1. The predicted molar refractivity (Wildman–Crippen MR) is 73.2 cm³/mol. The minimum Gasteiger partial charge on any atom is -0.486 e. The zero-order chi connectivity index (χ0) is 13.7. The molecule has 0 spiro atoms. The number of nitrogens with one attached hydrogen (secondary N) is 1. The highest BCUT2D eigenvalue weighted by atomic mass is 16.6. The Hall–Kier alpha value is -1.30. The van der Waals surface area contributed by atoms with Crippen LogP contribution >= 0.6 is 0 Å². The Labute approximate surface area is 114 Å². The third-order valence-corrected chi connectivity index (χ3v) is 3.43. The number of nitrogens with two attached hydrogens (primary N) is 1. The molecule has 106 valence electrons. The number of benzene rings is 1. The third-order valence-electron chi connectivity index (χ3n) is 3.43. The van der Waals surface area contributed by atoms with Crippen LogP contribution < -0.4 is 20.7 Å². The van der Waals surface area contributed by atoms with E-state index in [-0.39, 0.29) is 12.1 Å². The van der Waals surface area contributed by atoms with E-state index in [2.05, 4.69) is 12.3 Å². The molecule has 0 aromatic heterocycles. The lowest BCUT2D eigenvalue weighted by Gasteiger charge is -2.22. The van der Waals surface area contributed by atoms with Crippen molar-refractivity contribution in [2.24, 2.45) is 5.84 Å². The maximum Gasteiger partial charge on any atom is 0.161 e. The van der Waals surface area contributed by atoms with E-state index in [1.807, 2.05) is 18.2 Å².